The molecule has 0 aliphatic carbocycles. The second kappa shape index (κ2) is 6.70. The molecule has 1 saturated heterocycles. The van der Waals surface area contributed by atoms with Crippen LogP contribution in [0.5, 0.6) is 6.01 Å². The number of anilines is 1. The highest BCUT2D eigenvalue weighted by molar-refractivity contribution is 6.28. The molecule has 0 saturated carbocycles. The summed E-state index contributed by atoms with van der Waals surface area (Å²) in [6, 6.07) is 0.264. The molecular formula is C11H17ClN4O2. The number of hydrogen-bond acceptors (Lipinski definition) is 6. The summed E-state index contributed by atoms with van der Waals surface area (Å²) in [5.41, 5.74) is 0. The van der Waals surface area contributed by atoms with Crippen LogP contribution in [0, 0.1) is 5.92 Å². The predicted molar refractivity (Wildman–Crippen MR) is 68.0 cm³/mol. The van der Waals surface area contributed by atoms with Gasteiger partial charge in [-0.25, -0.2) is 0 Å². The van der Waals surface area contributed by atoms with Gasteiger partial charge in [-0.2, -0.15) is 15.0 Å². The number of rotatable bonds is 6. The van der Waals surface area contributed by atoms with E-state index in [1.54, 1.807) is 0 Å². The van der Waals surface area contributed by atoms with Crippen molar-refractivity contribution in [3.8, 4) is 6.01 Å². The lowest BCUT2D eigenvalue weighted by Gasteiger charge is -2.09. The third-order valence-electron chi connectivity index (χ3n) is 2.59. The third-order valence-corrected chi connectivity index (χ3v) is 2.76. The summed E-state index contributed by atoms with van der Waals surface area (Å²) in [5, 5.41) is 3.19. The highest BCUT2D eigenvalue weighted by Gasteiger charge is 2.17. The fourth-order valence-electron chi connectivity index (χ4n) is 1.62. The molecular weight excluding hydrogens is 256 g/mol. The molecule has 1 fully saturated rings. The zero-order chi connectivity index (χ0) is 12.8. The van der Waals surface area contributed by atoms with Crippen molar-refractivity contribution in [2.45, 2.75) is 19.8 Å². The predicted octanol–water partition coefficient (Wildman–Crippen LogP) is 1.76. The highest BCUT2D eigenvalue weighted by atomic mass is 35.5. The van der Waals surface area contributed by atoms with Gasteiger partial charge < -0.3 is 14.8 Å². The molecule has 1 aromatic rings. The fraction of sp³-hybridized carbons (Fsp3) is 0.727. The van der Waals surface area contributed by atoms with Gasteiger partial charge in [0.15, 0.2) is 0 Å². The first-order valence-electron chi connectivity index (χ1n) is 6.14. The van der Waals surface area contributed by atoms with Crippen LogP contribution >= 0.6 is 11.6 Å². The largest absolute Gasteiger partial charge is 0.463 e. The van der Waals surface area contributed by atoms with E-state index in [0.717, 1.165) is 32.6 Å². The summed E-state index contributed by atoms with van der Waals surface area (Å²) in [6.45, 7) is 4.94. The van der Waals surface area contributed by atoms with Crippen LogP contribution < -0.4 is 10.1 Å². The second-order valence-corrected chi connectivity index (χ2v) is 4.52. The number of nitrogens with one attached hydrogen (secondary N) is 1. The molecule has 18 heavy (non-hydrogen) atoms. The average molecular weight is 273 g/mol. The third kappa shape index (κ3) is 3.96. The van der Waals surface area contributed by atoms with Gasteiger partial charge in [-0.3, -0.25) is 0 Å². The number of ether oxygens (including phenoxy) is 2. The van der Waals surface area contributed by atoms with E-state index in [4.69, 9.17) is 21.1 Å². The minimum Gasteiger partial charge on any atom is -0.463 e. The molecule has 100 valence electrons. The molecule has 6 nitrogen and oxygen atoms in total. The van der Waals surface area contributed by atoms with E-state index in [0.29, 0.717) is 18.5 Å². The average Bonchev–Trinajstić information content (AvgIpc) is 2.86. The summed E-state index contributed by atoms with van der Waals surface area (Å²) < 4.78 is 10.8. The molecule has 0 bridgehead atoms. The van der Waals surface area contributed by atoms with E-state index in [1.807, 2.05) is 0 Å². The molecule has 7 heteroatoms. The molecule has 1 aliphatic heterocycles. The van der Waals surface area contributed by atoms with Crippen molar-refractivity contribution in [2.24, 2.45) is 5.92 Å². The Morgan fingerprint density at radius 3 is 3.06 bits per heavy atom. The van der Waals surface area contributed by atoms with Gasteiger partial charge in [-0.15, -0.1) is 0 Å². The maximum Gasteiger partial charge on any atom is 0.322 e. The van der Waals surface area contributed by atoms with E-state index in [-0.39, 0.29) is 11.3 Å². The summed E-state index contributed by atoms with van der Waals surface area (Å²) in [5.74, 6) is 0.863. The number of halogens is 1. The first-order valence-corrected chi connectivity index (χ1v) is 6.51. The molecule has 2 heterocycles. The first-order chi connectivity index (χ1) is 8.78. The zero-order valence-corrected chi connectivity index (χ0v) is 11.1. The van der Waals surface area contributed by atoms with Crippen molar-refractivity contribution in [3.05, 3.63) is 5.28 Å². The summed E-state index contributed by atoms with van der Waals surface area (Å²) in [6.07, 6.45) is 2.00. The number of hydrogen-bond donors (Lipinski definition) is 1. The number of aromatic nitrogens is 3. The van der Waals surface area contributed by atoms with Crippen LogP contribution in [0.2, 0.25) is 5.28 Å². The Labute approximate surface area is 111 Å². The van der Waals surface area contributed by atoms with Crippen molar-refractivity contribution in [1.29, 1.82) is 0 Å². The quantitative estimate of drug-likeness (QED) is 0.851. The van der Waals surface area contributed by atoms with Gasteiger partial charge in [0.25, 0.3) is 0 Å². The van der Waals surface area contributed by atoms with Gasteiger partial charge in [0.1, 0.15) is 0 Å². The van der Waals surface area contributed by atoms with E-state index < -0.39 is 0 Å². The summed E-state index contributed by atoms with van der Waals surface area (Å²) in [4.78, 5) is 12.1. The highest BCUT2D eigenvalue weighted by Crippen LogP contribution is 2.16. The Kier molecular flexibility index (Phi) is 4.95. The van der Waals surface area contributed by atoms with E-state index in [2.05, 4.69) is 27.2 Å². The van der Waals surface area contributed by atoms with Gasteiger partial charge in [0.05, 0.1) is 13.2 Å². The molecule has 0 aromatic carbocycles. The molecule has 0 radical (unpaired) electrons. The summed E-state index contributed by atoms with van der Waals surface area (Å²) >= 11 is 5.82. The monoisotopic (exact) mass is 272 g/mol. The lowest BCUT2D eigenvalue weighted by Crippen LogP contribution is -2.14. The Morgan fingerprint density at radius 1 is 1.44 bits per heavy atom. The van der Waals surface area contributed by atoms with E-state index in [1.165, 1.54) is 0 Å². The van der Waals surface area contributed by atoms with Crippen molar-refractivity contribution in [1.82, 2.24) is 15.0 Å². The van der Waals surface area contributed by atoms with Gasteiger partial charge in [0.2, 0.25) is 11.2 Å². The normalized spacial score (nSPS) is 18.9. The van der Waals surface area contributed by atoms with Crippen LogP contribution in [-0.2, 0) is 4.74 Å². The number of nitrogens with zero attached hydrogens (tertiary/aromatic N) is 3. The standard InChI is InChI=1S/C11H17ClN4O2/c1-2-4-13-10-14-9(12)15-11(16-10)18-7-8-3-5-17-6-8/h8H,2-7H2,1H3,(H,13,14,15,16). The van der Waals surface area contributed by atoms with Crippen LogP contribution in [0.15, 0.2) is 0 Å². The second-order valence-electron chi connectivity index (χ2n) is 4.18. The zero-order valence-electron chi connectivity index (χ0n) is 10.4. The van der Waals surface area contributed by atoms with Crippen molar-refractivity contribution in [3.63, 3.8) is 0 Å². The van der Waals surface area contributed by atoms with Crippen LogP contribution in [0.25, 0.3) is 0 Å². The molecule has 1 aromatic heterocycles. The van der Waals surface area contributed by atoms with Crippen LogP contribution in [0.1, 0.15) is 19.8 Å². The maximum absolute atomic E-state index is 5.82. The van der Waals surface area contributed by atoms with Gasteiger partial charge >= 0.3 is 6.01 Å². The SMILES string of the molecule is CCCNc1nc(Cl)nc(OCC2CCOC2)n1. The Bertz CT molecular complexity index is 385. The lowest BCUT2D eigenvalue weighted by atomic mass is 10.1. The molecule has 1 unspecified atom stereocenters. The minimum atomic E-state index is 0.140. The van der Waals surface area contributed by atoms with E-state index in [9.17, 15) is 0 Å². The van der Waals surface area contributed by atoms with Gasteiger partial charge in [0, 0.05) is 19.1 Å². The molecule has 0 amide bonds. The van der Waals surface area contributed by atoms with Gasteiger partial charge in [-0.05, 0) is 24.4 Å². The van der Waals surface area contributed by atoms with Crippen molar-refractivity contribution < 1.29 is 9.47 Å². The van der Waals surface area contributed by atoms with Crippen molar-refractivity contribution >= 4 is 17.5 Å². The maximum atomic E-state index is 5.82. The Morgan fingerprint density at radius 2 is 2.33 bits per heavy atom. The minimum absolute atomic E-state index is 0.140. The fourth-order valence-corrected chi connectivity index (χ4v) is 1.77. The van der Waals surface area contributed by atoms with Crippen LogP contribution in [0.3, 0.4) is 0 Å². The lowest BCUT2D eigenvalue weighted by molar-refractivity contribution is 0.163. The van der Waals surface area contributed by atoms with Crippen molar-refractivity contribution in [2.75, 3.05) is 31.7 Å². The Balaban J connectivity index is 1.91. The molecule has 1 N–H and O–H groups in total. The van der Waals surface area contributed by atoms with Crippen LogP contribution in [-0.4, -0.2) is 41.3 Å². The van der Waals surface area contributed by atoms with Crippen LogP contribution in [0.4, 0.5) is 5.95 Å². The smallest absolute Gasteiger partial charge is 0.322 e. The molecule has 0 spiro atoms. The molecule has 2 rings (SSSR count). The topological polar surface area (TPSA) is 69.2 Å². The summed E-state index contributed by atoms with van der Waals surface area (Å²) in [7, 11) is 0. The van der Waals surface area contributed by atoms with E-state index >= 15 is 0 Å². The molecule has 1 aliphatic rings. The molecule has 1 atom stereocenters. The van der Waals surface area contributed by atoms with Gasteiger partial charge in [-0.1, -0.05) is 6.92 Å². The first kappa shape index (κ1) is 13.3. The Hall–Kier alpha value is -1.14.